The van der Waals surface area contributed by atoms with E-state index < -0.39 is 0 Å². The molecule has 1 saturated carbocycles. The molecule has 0 amide bonds. The summed E-state index contributed by atoms with van der Waals surface area (Å²) in [5.41, 5.74) is 1.63. The number of rotatable bonds is 4. The molecule has 28 heavy (non-hydrogen) atoms. The number of nitrogens with one attached hydrogen (secondary N) is 1. The monoisotopic (exact) mass is 384 g/mol. The lowest BCUT2D eigenvalue weighted by Crippen LogP contribution is -2.49. The highest BCUT2D eigenvalue weighted by Gasteiger charge is 2.29. The summed E-state index contributed by atoms with van der Waals surface area (Å²) in [4.78, 5) is 23.7. The molecule has 2 heterocycles. The summed E-state index contributed by atoms with van der Waals surface area (Å²) in [6, 6.07) is 4.11. The van der Waals surface area contributed by atoms with Gasteiger partial charge >= 0.3 is 0 Å². The van der Waals surface area contributed by atoms with Gasteiger partial charge in [0.1, 0.15) is 0 Å². The fourth-order valence-corrected chi connectivity index (χ4v) is 4.22. The lowest BCUT2D eigenvalue weighted by molar-refractivity contribution is 0.0723. The van der Waals surface area contributed by atoms with Crippen LogP contribution in [0.5, 0.6) is 11.5 Å². The first-order valence-electron chi connectivity index (χ1n) is 9.90. The van der Waals surface area contributed by atoms with Crippen LogP contribution in [-0.2, 0) is 0 Å². The second kappa shape index (κ2) is 7.83. The molecule has 150 valence electrons. The van der Waals surface area contributed by atoms with Gasteiger partial charge in [-0.1, -0.05) is 6.58 Å². The van der Waals surface area contributed by atoms with Crippen molar-refractivity contribution < 1.29 is 9.47 Å². The Labute approximate surface area is 165 Å². The number of H-pyrrole nitrogens is 1. The van der Waals surface area contributed by atoms with Crippen molar-refractivity contribution in [2.24, 2.45) is 0 Å². The molecule has 1 aliphatic carbocycles. The van der Waals surface area contributed by atoms with Gasteiger partial charge in [-0.25, -0.2) is 4.98 Å². The molecule has 1 aromatic heterocycles. The second-order valence-corrected chi connectivity index (χ2v) is 7.76. The SMILES string of the molecule is C=C1CN(C2CCC(Oc3cc4c(=O)[nH]cnc4cc3OC)CC2)CCN1C. The third-order valence-electron chi connectivity index (χ3n) is 6.03. The van der Waals surface area contributed by atoms with Crippen LogP contribution in [0.3, 0.4) is 0 Å². The molecule has 0 radical (unpaired) electrons. The summed E-state index contributed by atoms with van der Waals surface area (Å²) in [5, 5.41) is 0.517. The molecular formula is C21H28N4O3. The zero-order chi connectivity index (χ0) is 19.7. The summed E-state index contributed by atoms with van der Waals surface area (Å²) in [7, 11) is 3.72. The standard InChI is InChI=1S/C21H28N4O3/c1-14-12-25(9-8-24(14)2)15-4-6-16(7-5-15)28-20-10-17-18(11-19(20)27-3)22-13-23-21(17)26/h10-11,13,15-16H,1,4-9,12H2,2-3H3,(H,22,23,26). The molecule has 0 bridgehead atoms. The van der Waals surface area contributed by atoms with Crippen molar-refractivity contribution in [1.29, 1.82) is 0 Å². The smallest absolute Gasteiger partial charge is 0.258 e. The Kier molecular flexibility index (Phi) is 5.26. The number of aromatic amines is 1. The Morgan fingerprint density at radius 3 is 2.68 bits per heavy atom. The number of nitrogens with zero attached hydrogens (tertiary/aromatic N) is 3. The first-order chi connectivity index (χ1) is 13.5. The van der Waals surface area contributed by atoms with E-state index in [1.54, 1.807) is 19.2 Å². The third-order valence-corrected chi connectivity index (χ3v) is 6.03. The van der Waals surface area contributed by atoms with Crippen molar-refractivity contribution in [3.63, 3.8) is 0 Å². The number of hydrogen-bond donors (Lipinski definition) is 1. The van der Waals surface area contributed by atoms with Gasteiger partial charge in [0, 0.05) is 44.5 Å². The van der Waals surface area contributed by atoms with Gasteiger partial charge in [-0.15, -0.1) is 0 Å². The van der Waals surface area contributed by atoms with Gasteiger partial charge in [0.25, 0.3) is 5.56 Å². The minimum atomic E-state index is -0.170. The summed E-state index contributed by atoms with van der Waals surface area (Å²) >= 11 is 0. The Balaban J connectivity index is 1.43. The summed E-state index contributed by atoms with van der Waals surface area (Å²) in [6.07, 6.45) is 5.74. The van der Waals surface area contributed by atoms with Crippen molar-refractivity contribution in [2.45, 2.75) is 37.8 Å². The van der Waals surface area contributed by atoms with Crippen molar-refractivity contribution in [1.82, 2.24) is 19.8 Å². The van der Waals surface area contributed by atoms with Gasteiger partial charge in [0.15, 0.2) is 11.5 Å². The predicted molar refractivity (Wildman–Crippen MR) is 109 cm³/mol. The van der Waals surface area contributed by atoms with Gasteiger partial charge in [0.2, 0.25) is 0 Å². The lowest BCUT2D eigenvalue weighted by Gasteiger charge is -2.42. The zero-order valence-electron chi connectivity index (χ0n) is 16.6. The largest absolute Gasteiger partial charge is 0.493 e. The lowest BCUT2D eigenvalue weighted by atomic mass is 9.91. The molecule has 2 aliphatic rings. The van der Waals surface area contributed by atoms with E-state index in [0.29, 0.717) is 28.4 Å². The van der Waals surface area contributed by atoms with Crippen LogP contribution in [0.25, 0.3) is 10.9 Å². The average Bonchev–Trinajstić information content (AvgIpc) is 2.71. The van der Waals surface area contributed by atoms with Crippen LogP contribution in [0.4, 0.5) is 0 Å². The highest BCUT2D eigenvalue weighted by atomic mass is 16.5. The molecule has 4 rings (SSSR count). The second-order valence-electron chi connectivity index (χ2n) is 7.76. The number of fused-ring (bicyclic) bond motifs is 1. The number of aromatic nitrogens is 2. The van der Waals surface area contributed by atoms with E-state index >= 15 is 0 Å². The van der Waals surface area contributed by atoms with Crippen LogP contribution in [0.15, 0.2) is 35.5 Å². The van der Waals surface area contributed by atoms with Crippen LogP contribution in [0.2, 0.25) is 0 Å². The van der Waals surface area contributed by atoms with Gasteiger partial charge in [0.05, 0.1) is 30.4 Å². The van der Waals surface area contributed by atoms with Crippen molar-refractivity contribution in [3.8, 4) is 11.5 Å². The van der Waals surface area contributed by atoms with Crippen LogP contribution in [0.1, 0.15) is 25.7 Å². The molecular weight excluding hydrogens is 356 g/mol. The van der Waals surface area contributed by atoms with Crippen LogP contribution in [-0.4, -0.2) is 65.7 Å². The maximum atomic E-state index is 12.1. The molecule has 7 nitrogen and oxygen atoms in total. The molecule has 1 aliphatic heterocycles. The Morgan fingerprint density at radius 1 is 1.18 bits per heavy atom. The van der Waals surface area contributed by atoms with Crippen molar-refractivity contribution in [2.75, 3.05) is 33.8 Å². The fraction of sp³-hybridized carbons (Fsp3) is 0.524. The molecule has 7 heteroatoms. The topological polar surface area (TPSA) is 70.7 Å². The first-order valence-corrected chi connectivity index (χ1v) is 9.90. The molecule has 2 aromatic rings. The number of ether oxygens (including phenoxy) is 2. The minimum absolute atomic E-state index is 0.133. The molecule has 1 N–H and O–H groups in total. The molecule has 0 unspecified atom stereocenters. The third kappa shape index (κ3) is 3.71. The van der Waals surface area contributed by atoms with Crippen LogP contribution >= 0.6 is 0 Å². The van der Waals surface area contributed by atoms with E-state index in [9.17, 15) is 4.79 Å². The fourth-order valence-electron chi connectivity index (χ4n) is 4.22. The van der Waals surface area contributed by atoms with Gasteiger partial charge in [-0.05, 0) is 31.7 Å². The van der Waals surface area contributed by atoms with E-state index in [0.717, 1.165) is 45.3 Å². The van der Waals surface area contributed by atoms with Crippen molar-refractivity contribution in [3.05, 3.63) is 41.1 Å². The van der Waals surface area contributed by atoms with Crippen LogP contribution < -0.4 is 15.0 Å². The Bertz CT molecular complexity index is 917. The number of piperazine rings is 1. The molecule has 1 aromatic carbocycles. The highest BCUT2D eigenvalue weighted by molar-refractivity contribution is 5.81. The average molecular weight is 384 g/mol. The van der Waals surface area contributed by atoms with Crippen LogP contribution in [0, 0.1) is 0 Å². The first kappa shape index (κ1) is 18.8. The van der Waals surface area contributed by atoms with Crippen molar-refractivity contribution >= 4 is 10.9 Å². The van der Waals surface area contributed by atoms with E-state index in [2.05, 4.69) is 33.4 Å². The Morgan fingerprint density at radius 2 is 1.96 bits per heavy atom. The number of benzene rings is 1. The maximum Gasteiger partial charge on any atom is 0.258 e. The molecule has 0 spiro atoms. The number of likely N-dealkylation sites (N-methyl/N-ethyl adjacent to an activating group) is 1. The predicted octanol–water partition coefficient (Wildman–Crippen LogP) is 2.38. The minimum Gasteiger partial charge on any atom is -0.493 e. The normalized spacial score (nSPS) is 23.8. The Hall–Kier alpha value is -2.54. The zero-order valence-corrected chi connectivity index (χ0v) is 16.6. The summed E-state index contributed by atoms with van der Waals surface area (Å²) in [5.74, 6) is 1.23. The summed E-state index contributed by atoms with van der Waals surface area (Å²) in [6.45, 7) is 7.28. The van der Waals surface area contributed by atoms with Gasteiger partial charge in [-0.3, -0.25) is 9.69 Å². The molecule has 0 atom stereocenters. The number of methoxy groups -OCH3 is 1. The van der Waals surface area contributed by atoms with E-state index in [1.807, 2.05) is 0 Å². The summed E-state index contributed by atoms with van der Waals surface area (Å²) < 4.78 is 11.7. The van der Waals surface area contributed by atoms with E-state index in [-0.39, 0.29) is 11.7 Å². The van der Waals surface area contributed by atoms with E-state index in [1.165, 1.54) is 12.0 Å². The highest BCUT2D eigenvalue weighted by Crippen LogP contribution is 2.34. The molecule has 1 saturated heterocycles. The quantitative estimate of drug-likeness (QED) is 0.873. The molecule has 2 fully saturated rings. The number of hydrogen-bond acceptors (Lipinski definition) is 6. The van der Waals surface area contributed by atoms with Gasteiger partial charge < -0.3 is 19.4 Å². The maximum absolute atomic E-state index is 12.1. The van der Waals surface area contributed by atoms with E-state index in [4.69, 9.17) is 9.47 Å². The van der Waals surface area contributed by atoms with Gasteiger partial charge in [-0.2, -0.15) is 0 Å².